The molecule has 138 valence electrons. The van der Waals surface area contributed by atoms with E-state index in [2.05, 4.69) is 12.2 Å². The van der Waals surface area contributed by atoms with Gasteiger partial charge in [0.05, 0.1) is 11.8 Å². The van der Waals surface area contributed by atoms with Crippen molar-refractivity contribution in [3.63, 3.8) is 0 Å². The second-order valence-corrected chi connectivity index (χ2v) is 7.21. The molecule has 1 saturated heterocycles. The summed E-state index contributed by atoms with van der Waals surface area (Å²) >= 11 is 0. The normalized spacial score (nSPS) is 27.1. The quantitative estimate of drug-likeness (QED) is 0.658. The number of hydrogen-bond acceptors (Lipinski definition) is 3. The highest BCUT2D eigenvalue weighted by molar-refractivity contribution is 6.06. The molecular formula is C23H23NO3. The number of aliphatic hydroxyl groups excluding tert-OH is 1. The van der Waals surface area contributed by atoms with Gasteiger partial charge in [0.1, 0.15) is 0 Å². The van der Waals surface area contributed by atoms with E-state index < -0.39 is 11.8 Å². The van der Waals surface area contributed by atoms with Crippen molar-refractivity contribution in [3.05, 3.63) is 83.9 Å². The third-order valence-electron chi connectivity index (χ3n) is 5.70. The van der Waals surface area contributed by atoms with Gasteiger partial charge >= 0.3 is 0 Å². The fourth-order valence-electron chi connectivity index (χ4n) is 4.45. The van der Waals surface area contributed by atoms with Crippen LogP contribution in [0.1, 0.15) is 29.4 Å². The minimum atomic E-state index is -0.395. The third kappa shape index (κ3) is 3.10. The van der Waals surface area contributed by atoms with Crippen LogP contribution in [0.3, 0.4) is 0 Å². The maximum Gasteiger partial charge on any atom is 0.234 e. The van der Waals surface area contributed by atoms with E-state index in [1.54, 1.807) is 0 Å². The van der Waals surface area contributed by atoms with Gasteiger partial charge in [-0.3, -0.25) is 14.5 Å². The first kappa shape index (κ1) is 17.7. The molecule has 4 atom stereocenters. The van der Waals surface area contributed by atoms with Crippen molar-refractivity contribution in [1.82, 2.24) is 4.90 Å². The average Bonchev–Trinajstić information content (AvgIpc) is 2.98. The predicted molar refractivity (Wildman–Crippen MR) is 103 cm³/mol. The number of fused-ring (bicyclic) bond motifs is 1. The van der Waals surface area contributed by atoms with Crippen molar-refractivity contribution in [1.29, 1.82) is 0 Å². The van der Waals surface area contributed by atoms with Crippen LogP contribution in [0.4, 0.5) is 0 Å². The number of amides is 2. The number of allylic oxidation sites excluding steroid dienone is 2. The molecule has 1 fully saturated rings. The number of benzene rings is 2. The van der Waals surface area contributed by atoms with Crippen LogP contribution in [0, 0.1) is 11.8 Å². The van der Waals surface area contributed by atoms with Crippen LogP contribution in [0.2, 0.25) is 0 Å². The Hall–Kier alpha value is -2.72. The molecule has 27 heavy (non-hydrogen) atoms. The Labute approximate surface area is 159 Å². The number of aliphatic hydroxyl groups is 1. The summed E-state index contributed by atoms with van der Waals surface area (Å²) in [4.78, 5) is 27.8. The summed E-state index contributed by atoms with van der Waals surface area (Å²) in [6, 6.07) is 19.8. The first-order valence-corrected chi connectivity index (χ1v) is 9.46. The molecule has 2 amide bonds. The molecule has 0 saturated carbocycles. The fraction of sp³-hybridized carbons (Fsp3) is 0.304. The van der Waals surface area contributed by atoms with E-state index in [9.17, 15) is 9.59 Å². The SMILES string of the molecule is O=C1[C@@H]2[C@@H](C(=O)N1CCCO)[C@@H](c1ccccc1)C=C[C@@H]2c1ccccc1. The Bertz CT molecular complexity index is 779. The minimum absolute atomic E-state index is 0.0329. The van der Waals surface area contributed by atoms with E-state index in [4.69, 9.17) is 5.11 Å². The van der Waals surface area contributed by atoms with E-state index in [-0.39, 0.29) is 36.8 Å². The smallest absolute Gasteiger partial charge is 0.234 e. The third-order valence-corrected chi connectivity index (χ3v) is 5.70. The summed E-state index contributed by atoms with van der Waals surface area (Å²) in [5.41, 5.74) is 2.11. The molecular weight excluding hydrogens is 338 g/mol. The number of carbonyl (C=O) groups excluding carboxylic acids is 2. The summed E-state index contributed by atoms with van der Waals surface area (Å²) in [6.45, 7) is 0.249. The molecule has 0 radical (unpaired) electrons. The van der Waals surface area contributed by atoms with Gasteiger partial charge in [-0.25, -0.2) is 0 Å². The largest absolute Gasteiger partial charge is 0.396 e. The number of imide groups is 1. The molecule has 0 aromatic heterocycles. The Morgan fingerprint density at radius 1 is 0.741 bits per heavy atom. The fourth-order valence-corrected chi connectivity index (χ4v) is 4.45. The van der Waals surface area contributed by atoms with E-state index in [0.717, 1.165) is 11.1 Å². The van der Waals surface area contributed by atoms with Gasteiger partial charge in [-0.15, -0.1) is 0 Å². The molecule has 2 aromatic rings. The summed E-state index contributed by atoms with van der Waals surface area (Å²) < 4.78 is 0. The van der Waals surface area contributed by atoms with E-state index in [1.165, 1.54) is 4.90 Å². The van der Waals surface area contributed by atoms with Gasteiger partial charge in [0.15, 0.2) is 0 Å². The van der Waals surface area contributed by atoms with Crippen LogP contribution in [-0.2, 0) is 9.59 Å². The van der Waals surface area contributed by atoms with Crippen LogP contribution in [0.25, 0.3) is 0 Å². The topological polar surface area (TPSA) is 57.6 Å². The van der Waals surface area contributed by atoms with Crippen molar-refractivity contribution in [2.75, 3.05) is 13.2 Å². The molecule has 1 aliphatic heterocycles. The zero-order valence-corrected chi connectivity index (χ0v) is 15.1. The van der Waals surface area contributed by atoms with Crippen LogP contribution in [0.15, 0.2) is 72.8 Å². The average molecular weight is 361 g/mol. The maximum atomic E-state index is 13.2. The lowest BCUT2D eigenvalue weighted by Gasteiger charge is -2.32. The van der Waals surface area contributed by atoms with Gasteiger partial charge < -0.3 is 5.11 Å². The van der Waals surface area contributed by atoms with Crippen molar-refractivity contribution in [2.45, 2.75) is 18.3 Å². The number of likely N-dealkylation sites (tertiary alicyclic amines) is 1. The molecule has 2 aromatic carbocycles. The van der Waals surface area contributed by atoms with Gasteiger partial charge in [0.25, 0.3) is 0 Å². The summed E-state index contributed by atoms with van der Waals surface area (Å²) in [7, 11) is 0. The van der Waals surface area contributed by atoms with Gasteiger partial charge in [0, 0.05) is 25.0 Å². The molecule has 1 heterocycles. The molecule has 0 unspecified atom stereocenters. The molecule has 0 spiro atoms. The standard InChI is InChI=1S/C23H23NO3/c25-15-7-14-24-22(26)20-18(16-8-3-1-4-9-16)12-13-19(21(20)23(24)27)17-10-5-2-6-11-17/h1-6,8-13,18-21,25H,7,14-15H2/t18-,19-,20+,21+/m1/s1. The zero-order chi connectivity index (χ0) is 18.8. The highest BCUT2D eigenvalue weighted by Crippen LogP contribution is 2.49. The van der Waals surface area contributed by atoms with Crippen LogP contribution in [-0.4, -0.2) is 35.0 Å². The second-order valence-electron chi connectivity index (χ2n) is 7.21. The molecule has 1 aliphatic carbocycles. The second kappa shape index (κ2) is 7.49. The highest BCUT2D eigenvalue weighted by atomic mass is 16.3. The summed E-state index contributed by atoms with van der Waals surface area (Å²) in [6.07, 6.45) is 4.60. The molecule has 0 bridgehead atoms. The summed E-state index contributed by atoms with van der Waals surface area (Å²) in [5, 5.41) is 9.16. The van der Waals surface area contributed by atoms with Crippen molar-refractivity contribution >= 4 is 11.8 Å². The van der Waals surface area contributed by atoms with Gasteiger partial charge in [-0.2, -0.15) is 0 Å². The first-order valence-electron chi connectivity index (χ1n) is 9.46. The van der Waals surface area contributed by atoms with Crippen LogP contribution < -0.4 is 0 Å². The maximum absolute atomic E-state index is 13.2. The highest BCUT2D eigenvalue weighted by Gasteiger charge is 2.54. The lowest BCUT2D eigenvalue weighted by Crippen LogP contribution is -2.33. The number of hydrogen-bond donors (Lipinski definition) is 1. The summed E-state index contributed by atoms with van der Waals surface area (Å²) in [5.74, 6) is -1.23. The first-order chi connectivity index (χ1) is 13.2. The van der Waals surface area contributed by atoms with Crippen molar-refractivity contribution < 1.29 is 14.7 Å². The zero-order valence-electron chi connectivity index (χ0n) is 15.1. The predicted octanol–water partition coefficient (Wildman–Crippen LogP) is 3.11. The van der Waals surface area contributed by atoms with Crippen molar-refractivity contribution in [2.24, 2.45) is 11.8 Å². The monoisotopic (exact) mass is 361 g/mol. The number of nitrogens with zero attached hydrogens (tertiary/aromatic N) is 1. The number of carbonyl (C=O) groups is 2. The van der Waals surface area contributed by atoms with E-state index in [1.807, 2.05) is 60.7 Å². The van der Waals surface area contributed by atoms with Crippen LogP contribution in [0.5, 0.6) is 0 Å². The molecule has 1 N–H and O–H groups in total. The van der Waals surface area contributed by atoms with Crippen LogP contribution >= 0.6 is 0 Å². The Balaban J connectivity index is 1.77. The Morgan fingerprint density at radius 2 is 1.19 bits per heavy atom. The minimum Gasteiger partial charge on any atom is -0.396 e. The lowest BCUT2D eigenvalue weighted by atomic mass is 9.68. The van der Waals surface area contributed by atoms with E-state index >= 15 is 0 Å². The molecule has 2 aliphatic rings. The van der Waals surface area contributed by atoms with Gasteiger partial charge in [-0.1, -0.05) is 72.8 Å². The molecule has 4 nitrogen and oxygen atoms in total. The van der Waals surface area contributed by atoms with Gasteiger partial charge in [-0.05, 0) is 17.5 Å². The van der Waals surface area contributed by atoms with Crippen molar-refractivity contribution in [3.8, 4) is 0 Å². The Kier molecular flexibility index (Phi) is 4.90. The van der Waals surface area contributed by atoms with E-state index in [0.29, 0.717) is 6.42 Å². The molecule has 4 heteroatoms. The number of rotatable bonds is 5. The molecule has 4 rings (SSSR count). The van der Waals surface area contributed by atoms with Gasteiger partial charge in [0.2, 0.25) is 11.8 Å². The lowest BCUT2D eigenvalue weighted by molar-refractivity contribution is -0.140. The Morgan fingerprint density at radius 3 is 1.59 bits per heavy atom.